The molecule has 0 spiro atoms. The van der Waals surface area contributed by atoms with Gasteiger partial charge < -0.3 is 14.0 Å². The average Bonchev–Trinajstić information content (AvgIpc) is 2.87. The van der Waals surface area contributed by atoms with Crippen LogP contribution in [0.5, 0.6) is 5.75 Å². The van der Waals surface area contributed by atoms with Crippen molar-refractivity contribution in [3.63, 3.8) is 0 Å². The molecule has 37 heavy (non-hydrogen) atoms. The van der Waals surface area contributed by atoms with Gasteiger partial charge in [0.2, 0.25) is 0 Å². The molecule has 0 aliphatic heterocycles. The van der Waals surface area contributed by atoms with E-state index in [9.17, 15) is 4.79 Å². The summed E-state index contributed by atoms with van der Waals surface area (Å²) in [6.07, 6.45) is 13.9. The molecule has 0 heterocycles. The zero-order chi connectivity index (χ0) is 26.8. The molecule has 1 atom stereocenters. The smallest absolute Gasteiger partial charge is 0.305 e. The van der Waals surface area contributed by atoms with Crippen LogP contribution < -0.4 is 4.74 Å². The van der Waals surface area contributed by atoms with Gasteiger partial charge in [0.25, 0.3) is 0 Å². The summed E-state index contributed by atoms with van der Waals surface area (Å²) in [6, 6.07) is 18.9. The van der Waals surface area contributed by atoms with Gasteiger partial charge in [-0.3, -0.25) is 4.79 Å². The third-order valence-electron chi connectivity index (χ3n) is 6.88. The van der Waals surface area contributed by atoms with Crippen molar-refractivity contribution in [2.75, 3.05) is 27.2 Å². The number of quaternary nitrogens is 1. The molecule has 0 radical (unpaired) electrons. The number of hydrogen-bond donors (Lipinski definition) is 0. The number of carbonyl (C=O) groups is 1. The molecule has 0 N–H and O–H groups in total. The fraction of sp³-hybridized carbons (Fsp3) is 0.606. The predicted octanol–water partition coefficient (Wildman–Crippen LogP) is 8.13. The molecule has 0 aliphatic carbocycles. The molecule has 0 saturated carbocycles. The third-order valence-corrected chi connectivity index (χ3v) is 6.88. The second kappa shape index (κ2) is 18.0. The van der Waals surface area contributed by atoms with Crippen molar-refractivity contribution in [1.29, 1.82) is 0 Å². The number of hydrogen-bond acceptors (Lipinski definition) is 3. The molecular formula is C33H52NO3+. The number of carbonyl (C=O) groups excluding carboxylic acids is 1. The fourth-order valence-corrected chi connectivity index (χ4v) is 4.75. The average molecular weight is 511 g/mol. The highest BCUT2D eigenvalue weighted by Gasteiger charge is 2.16. The van der Waals surface area contributed by atoms with Gasteiger partial charge in [-0.25, -0.2) is 0 Å². The second-order valence-electron chi connectivity index (χ2n) is 11.2. The summed E-state index contributed by atoms with van der Waals surface area (Å²) < 4.78 is 12.4. The minimum atomic E-state index is -0.163. The molecule has 206 valence electrons. The van der Waals surface area contributed by atoms with Crippen molar-refractivity contribution in [2.24, 2.45) is 0 Å². The monoisotopic (exact) mass is 510 g/mol. The standard InChI is InChI=1S/C33H52NO3/c1-5-6-7-8-9-10-11-13-19-30-22-18-23-32(26-30)37-29(2)28-36-33(35)24-16-17-25-34(3,4)27-31-20-14-12-15-21-31/h12,14-15,18,20-23,26,29H,5-11,13,16-17,19,24-25,27-28H2,1-4H3/q+1. The number of esters is 1. The van der Waals surface area contributed by atoms with E-state index in [4.69, 9.17) is 9.47 Å². The number of ether oxygens (including phenoxy) is 2. The maximum atomic E-state index is 12.2. The van der Waals surface area contributed by atoms with Gasteiger partial charge in [-0.2, -0.15) is 0 Å². The Bertz CT molecular complexity index is 865. The Kier molecular flexibility index (Phi) is 15.0. The summed E-state index contributed by atoms with van der Waals surface area (Å²) in [5, 5.41) is 0. The van der Waals surface area contributed by atoms with Gasteiger partial charge in [-0.05, 0) is 50.3 Å². The third kappa shape index (κ3) is 14.9. The SMILES string of the molecule is CCCCCCCCCCc1cccc(OC(C)COC(=O)CCCC[N+](C)(C)Cc2ccccc2)c1. The Morgan fingerprint density at radius 3 is 2.22 bits per heavy atom. The Labute approximate surface area is 227 Å². The molecule has 4 nitrogen and oxygen atoms in total. The minimum absolute atomic E-state index is 0.132. The first-order valence-corrected chi connectivity index (χ1v) is 14.6. The highest BCUT2D eigenvalue weighted by atomic mass is 16.6. The van der Waals surface area contributed by atoms with Gasteiger partial charge in [-0.15, -0.1) is 0 Å². The van der Waals surface area contributed by atoms with E-state index in [2.05, 4.69) is 69.6 Å². The van der Waals surface area contributed by atoms with Crippen molar-refractivity contribution < 1.29 is 18.8 Å². The number of unbranched alkanes of at least 4 members (excludes halogenated alkanes) is 8. The Morgan fingerprint density at radius 1 is 0.811 bits per heavy atom. The van der Waals surface area contributed by atoms with E-state index in [0.717, 1.165) is 42.6 Å². The van der Waals surface area contributed by atoms with E-state index in [-0.39, 0.29) is 18.7 Å². The predicted molar refractivity (Wildman–Crippen MR) is 155 cm³/mol. The summed E-state index contributed by atoms with van der Waals surface area (Å²) in [5.41, 5.74) is 2.67. The van der Waals surface area contributed by atoms with E-state index >= 15 is 0 Å². The number of nitrogens with zero attached hydrogens (tertiary/aromatic N) is 1. The van der Waals surface area contributed by atoms with Gasteiger partial charge in [0.1, 0.15) is 25.0 Å². The molecule has 0 fully saturated rings. The van der Waals surface area contributed by atoms with Crippen LogP contribution in [-0.2, 0) is 22.5 Å². The van der Waals surface area contributed by atoms with Crippen LogP contribution in [0.1, 0.15) is 95.6 Å². The maximum Gasteiger partial charge on any atom is 0.305 e. The number of benzene rings is 2. The zero-order valence-corrected chi connectivity index (χ0v) is 24.1. The van der Waals surface area contributed by atoms with Crippen molar-refractivity contribution in [3.8, 4) is 5.75 Å². The molecule has 0 amide bonds. The summed E-state index contributed by atoms with van der Waals surface area (Å²) in [7, 11) is 4.49. The van der Waals surface area contributed by atoms with Crippen LogP contribution in [-0.4, -0.2) is 43.8 Å². The lowest BCUT2D eigenvalue weighted by Gasteiger charge is -2.30. The van der Waals surface area contributed by atoms with Gasteiger partial charge in [0, 0.05) is 12.0 Å². The summed E-state index contributed by atoms with van der Waals surface area (Å²) in [6.45, 7) is 6.55. The molecule has 0 aliphatic rings. The molecule has 0 aromatic heterocycles. The minimum Gasteiger partial charge on any atom is -0.487 e. The van der Waals surface area contributed by atoms with E-state index < -0.39 is 0 Å². The van der Waals surface area contributed by atoms with Crippen LogP contribution in [0.3, 0.4) is 0 Å². The second-order valence-corrected chi connectivity index (χ2v) is 11.2. The molecular weight excluding hydrogens is 458 g/mol. The lowest BCUT2D eigenvalue weighted by molar-refractivity contribution is -0.903. The number of rotatable bonds is 20. The Morgan fingerprint density at radius 2 is 1.49 bits per heavy atom. The normalized spacial score (nSPS) is 12.3. The van der Waals surface area contributed by atoms with Gasteiger partial charge >= 0.3 is 5.97 Å². The lowest BCUT2D eigenvalue weighted by atomic mass is 10.0. The van der Waals surface area contributed by atoms with Crippen molar-refractivity contribution >= 4 is 5.97 Å². The first kappa shape index (κ1) is 30.9. The lowest BCUT2D eigenvalue weighted by Crippen LogP contribution is -2.39. The van der Waals surface area contributed by atoms with Crippen LogP contribution >= 0.6 is 0 Å². The van der Waals surface area contributed by atoms with Crippen LogP contribution in [0.25, 0.3) is 0 Å². The van der Waals surface area contributed by atoms with Crippen LogP contribution in [0.15, 0.2) is 54.6 Å². The van der Waals surface area contributed by atoms with Crippen molar-refractivity contribution in [3.05, 3.63) is 65.7 Å². The maximum absolute atomic E-state index is 12.2. The Balaban J connectivity index is 1.57. The van der Waals surface area contributed by atoms with E-state index in [0.29, 0.717) is 6.42 Å². The van der Waals surface area contributed by atoms with E-state index in [1.54, 1.807) is 0 Å². The highest BCUT2D eigenvalue weighted by molar-refractivity contribution is 5.69. The quantitative estimate of drug-likeness (QED) is 0.102. The van der Waals surface area contributed by atoms with Crippen molar-refractivity contribution in [2.45, 2.75) is 104 Å². The van der Waals surface area contributed by atoms with E-state index in [1.165, 1.54) is 62.5 Å². The van der Waals surface area contributed by atoms with Crippen LogP contribution in [0.4, 0.5) is 0 Å². The molecule has 2 aromatic rings. The van der Waals surface area contributed by atoms with Crippen molar-refractivity contribution in [1.82, 2.24) is 0 Å². The zero-order valence-electron chi connectivity index (χ0n) is 24.1. The molecule has 2 aromatic carbocycles. The molecule has 0 saturated heterocycles. The molecule has 4 heteroatoms. The van der Waals surface area contributed by atoms with Gasteiger partial charge in [-0.1, -0.05) is 94.3 Å². The number of aryl methyl sites for hydroxylation is 1. The summed E-state index contributed by atoms with van der Waals surface area (Å²) in [5.74, 6) is 0.728. The Hall–Kier alpha value is -2.33. The van der Waals surface area contributed by atoms with Gasteiger partial charge in [0.05, 0.1) is 20.6 Å². The molecule has 2 rings (SSSR count). The largest absolute Gasteiger partial charge is 0.487 e. The van der Waals surface area contributed by atoms with E-state index in [1.807, 2.05) is 13.0 Å². The summed E-state index contributed by atoms with van der Waals surface area (Å²) >= 11 is 0. The first-order valence-electron chi connectivity index (χ1n) is 14.6. The fourth-order valence-electron chi connectivity index (χ4n) is 4.75. The van der Waals surface area contributed by atoms with Crippen LogP contribution in [0.2, 0.25) is 0 Å². The molecule has 0 bridgehead atoms. The van der Waals surface area contributed by atoms with Crippen LogP contribution in [0, 0.1) is 0 Å². The first-order chi connectivity index (χ1) is 17.9. The highest BCUT2D eigenvalue weighted by Crippen LogP contribution is 2.18. The summed E-state index contributed by atoms with van der Waals surface area (Å²) in [4.78, 5) is 12.2. The molecule has 1 unspecified atom stereocenters. The van der Waals surface area contributed by atoms with Gasteiger partial charge in [0.15, 0.2) is 0 Å². The topological polar surface area (TPSA) is 35.5 Å².